The average Bonchev–Trinajstić information content (AvgIpc) is 3.31. The SMILES string of the molecule is CCC[C@@H](C(=O)O)N1C(=O)/C(=C/c2ccc(-c3ccc(C(=O)OCC)cc3)o2)SC1=S. The smallest absolute Gasteiger partial charge is 0.338 e. The molecule has 2 heterocycles. The largest absolute Gasteiger partial charge is 0.480 e. The molecular weight excluding hydrogens is 438 g/mol. The Hall–Kier alpha value is -2.91. The summed E-state index contributed by atoms with van der Waals surface area (Å²) in [4.78, 5) is 37.6. The molecule has 0 aliphatic carbocycles. The summed E-state index contributed by atoms with van der Waals surface area (Å²) < 4.78 is 11.0. The van der Waals surface area contributed by atoms with E-state index in [4.69, 9.17) is 21.4 Å². The van der Waals surface area contributed by atoms with Gasteiger partial charge in [-0.1, -0.05) is 49.5 Å². The minimum Gasteiger partial charge on any atom is -0.480 e. The van der Waals surface area contributed by atoms with Gasteiger partial charge in [-0.15, -0.1) is 0 Å². The summed E-state index contributed by atoms with van der Waals surface area (Å²) >= 11 is 6.31. The summed E-state index contributed by atoms with van der Waals surface area (Å²) in [6.45, 7) is 3.91. The van der Waals surface area contributed by atoms with E-state index in [0.29, 0.717) is 41.4 Å². The summed E-state index contributed by atoms with van der Waals surface area (Å²) in [5.74, 6) is -0.906. The van der Waals surface area contributed by atoms with Crippen LogP contribution in [-0.2, 0) is 14.3 Å². The first-order chi connectivity index (χ1) is 14.8. The van der Waals surface area contributed by atoms with E-state index in [1.54, 1.807) is 49.4 Å². The zero-order valence-corrected chi connectivity index (χ0v) is 18.6. The van der Waals surface area contributed by atoms with Crippen LogP contribution in [0.2, 0.25) is 0 Å². The molecule has 1 aliphatic heterocycles. The molecule has 3 rings (SSSR count). The summed E-state index contributed by atoms with van der Waals surface area (Å²) in [6, 6.07) is 9.28. The van der Waals surface area contributed by atoms with Gasteiger partial charge in [0.1, 0.15) is 21.9 Å². The predicted molar refractivity (Wildman–Crippen MR) is 121 cm³/mol. The van der Waals surface area contributed by atoms with Gasteiger partial charge in [0.15, 0.2) is 0 Å². The van der Waals surface area contributed by atoms with E-state index in [1.807, 2.05) is 6.92 Å². The minimum atomic E-state index is -1.08. The first-order valence-corrected chi connectivity index (χ1v) is 11.0. The first kappa shape index (κ1) is 22.8. The molecule has 0 radical (unpaired) electrons. The quantitative estimate of drug-likeness (QED) is 0.348. The van der Waals surface area contributed by atoms with Crippen LogP contribution in [0.25, 0.3) is 17.4 Å². The van der Waals surface area contributed by atoms with Crippen LogP contribution in [0.3, 0.4) is 0 Å². The van der Waals surface area contributed by atoms with E-state index < -0.39 is 17.9 Å². The number of hydrogen-bond donors (Lipinski definition) is 1. The maximum atomic E-state index is 12.8. The Morgan fingerprint density at radius 2 is 1.94 bits per heavy atom. The van der Waals surface area contributed by atoms with E-state index in [2.05, 4.69) is 0 Å². The molecule has 1 atom stereocenters. The lowest BCUT2D eigenvalue weighted by Crippen LogP contribution is -2.43. The minimum absolute atomic E-state index is 0.221. The van der Waals surface area contributed by atoms with Crippen molar-refractivity contribution in [3.05, 3.63) is 52.6 Å². The zero-order valence-electron chi connectivity index (χ0n) is 17.0. The van der Waals surface area contributed by atoms with E-state index in [-0.39, 0.29) is 10.3 Å². The van der Waals surface area contributed by atoms with Crippen molar-refractivity contribution in [1.29, 1.82) is 0 Å². The van der Waals surface area contributed by atoms with Gasteiger partial charge in [-0.05, 0) is 37.6 Å². The van der Waals surface area contributed by atoms with E-state index in [1.165, 1.54) is 0 Å². The van der Waals surface area contributed by atoms with Crippen LogP contribution in [0.4, 0.5) is 0 Å². The fourth-order valence-corrected chi connectivity index (χ4v) is 4.42. The van der Waals surface area contributed by atoms with Gasteiger partial charge in [0.25, 0.3) is 5.91 Å². The number of thiocarbonyl (C=S) groups is 1. The van der Waals surface area contributed by atoms with Gasteiger partial charge in [0.05, 0.1) is 17.1 Å². The molecule has 0 bridgehead atoms. The van der Waals surface area contributed by atoms with Crippen LogP contribution in [-0.4, -0.2) is 44.8 Å². The van der Waals surface area contributed by atoms with Gasteiger partial charge >= 0.3 is 11.9 Å². The Morgan fingerprint density at radius 3 is 2.55 bits per heavy atom. The summed E-state index contributed by atoms with van der Waals surface area (Å²) in [6.07, 6.45) is 2.49. The fraction of sp³-hybridized carbons (Fsp3) is 0.273. The third kappa shape index (κ3) is 5.05. The number of esters is 1. The highest BCUT2D eigenvalue weighted by Crippen LogP contribution is 2.35. The Balaban J connectivity index is 1.78. The number of nitrogens with zero attached hydrogens (tertiary/aromatic N) is 1. The highest BCUT2D eigenvalue weighted by atomic mass is 32.2. The van der Waals surface area contributed by atoms with Gasteiger partial charge in [0, 0.05) is 11.6 Å². The van der Waals surface area contributed by atoms with Gasteiger partial charge in [-0.25, -0.2) is 9.59 Å². The predicted octanol–water partition coefficient (Wildman–Crippen LogP) is 4.58. The van der Waals surface area contributed by atoms with Crippen molar-refractivity contribution in [3.63, 3.8) is 0 Å². The third-order valence-electron chi connectivity index (χ3n) is 4.56. The molecule has 31 heavy (non-hydrogen) atoms. The third-order valence-corrected chi connectivity index (χ3v) is 5.89. The number of amides is 1. The number of ether oxygens (including phenoxy) is 1. The number of thioether (sulfide) groups is 1. The molecule has 1 saturated heterocycles. The molecule has 1 aromatic carbocycles. The molecule has 1 aliphatic rings. The molecule has 0 unspecified atom stereocenters. The molecule has 1 fully saturated rings. The van der Waals surface area contributed by atoms with Gasteiger partial charge < -0.3 is 14.3 Å². The fourth-order valence-electron chi connectivity index (χ4n) is 3.08. The highest BCUT2D eigenvalue weighted by molar-refractivity contribution is 8.26. The molecule has 7 nitrogen and oxygen atoms in total. The number of carboxylic acids is 1. The Morgan fingerprint density at radius 1 is 1.23 bits per heavy atom. The van der Waals surface area contributed by atoms with Crippen molar-refractivity contribution >= 4 is 52.2 Å². The van der Waals surface area contributed by atoms with Crippen molar-refractivity contribution in [2.24, 2.45) is 0 Å². The molecule has 162 valence electrons. The normalized spacial score (nSPS) is 16.1. The van der Waals surface area contributed by atoms with E-state index in [9.17, 15) is 19.5 Å². The highest BCUT2D eigenvalue weighted by Gasteiger charge is 2.40. The molecule has 0 spiro atoms. The molecule has 1 N–H and O–H groups in total. The van der Waals surface area contributed by atoms with Gasteiger partial charge in [-0.2, -0.15) is 0 Å². The molecule has 0 saturated carbocycles. The molecule has 1 amide bonds. The van der Waals surface area contributed by atoms with Crippen molar-refractivity contribution in [3.8, 4) is 11.3 Å². The van der Waals surface area contributed by atoms with Crippen LogP contribution in [0.1, 0.15) is 42.8 Å². The van der Waals surface area contributed by atoms with E-state index >= 15 is 0 Å². The second-order valence-corrected chi connectivity index (χ2v) is 8.37. The van der Waals surface area contributed by atoms with Crippen LogP contribution in [0.5, 0.6) is 0 Å². The lowest BCUT2D eigenvalue weighted by molar-refractivity contribution is -0.145. The average molecular weight is 460 g/mol. The molecular formula is C22H21NO6S2. The number of carboxylic acid groups (broad SMARTS) is 1. The number of rotatable bonds is 8. The Labute approximate surface area is 189 Å². The lowest BCUT2D eigenvalue weighted by Gasteiger charge is -2.22. The Bertz CT molecular complexity index is 1040. The molecule has 9 heteroatoms. The number of carbonyl (C=O) groups excluding carboxylic acids is 2. The van der Waals surface area contributed by atoms with Crippen molar-refractivity contribution in [1.82, 2.24) is 4.90 Å². The van der Waals surface area contributed by atoms with Gasteiger partial charge in [-0.3, -0.25) is 9.69 Å². The monoisotopic (exact) mass is 459 g/mol. The summed E-state index contributed by atoms with van der Waals surface area (Å²) in [7, 11) is 0. The van der Waals surface area contributed by atoms with Crippen LogP contribution < -0.4 is 0 Å². The zero-order chi connectivity index (χ0) is 22.5. The number of carbonyl (C=O) groups is 3. The van der Waals surface area contributed by atoms with E-state index in [0.717, 1.165) is 22.2 Å². The van der Waals surface area contributed by atoms with Gasteiger partial charge in [0.2, 0.25) is 0 Å². The maximum Gasteiger partial charge on any atom is 0.338 e. The number of furan rings is 1. The Kier molecular flexibility index (Phi) is 7.29. The topological polar surface area (TPSA) is 97.1 Å². The summed E-state index contributed by atoms with van der Waals surface area (Å²) in [5, 5.41) is 9.46. The maximum absolute atomic E-state index is 12.8. The number of aliphatic carboxylic acids is 1. The van der Waals surface area contributed by atoms with Crippen LogP contribution >= 0.6 is 24.0 Å². The second kappa shape index (κ2) is 9.93. The molecule has 1 aromatic heterocycles. The van der Waals surface area contributed by atoms with Crippen LogP contribution in [0, 0.1) is 0 Å². The van der Waals surface area contributed by atoms with Crippen molar-refractivity contribution < 1.29 is 28.6 Å². The number of benzene rings is 1. The first-order valence-electron chi connectivity index (χ1n) is 9.73. The molecule has 2 aromatic rings. The second-order valence-electron chi connectivity index (χ2n) is 6.69. The van der Waals surface area contributed by atoms with Crippen LogP contribution in [0.15, 0.2) is 45.7 Å². The number of hydrogen-bond acceptors (Lipinski definition) is 7. The standard InChI is InChI=1S/C22H21NO6S2/c1-3-5-16(20(25)26)23-19(24)18(31-22(23)30)12-15-10-11-17(29-15)13-6-8-14(9-7-13)21(27)28-4-2/h6-12,16H,3-5H2,1-2H3,(H,25,26)/b18-12-/t16-/m0/s1. The van der Waals surface area contributed by atoms with Crippen molar-refractivity contribution in [2.75, 3.05) is 6.61 Å². The van der Waals surface area contributed by atoms with Crippen molar-refractivity contribution in [2.45, 2.75) is 32.7 Å². The lowest BCUT2D eigenvalue weighted by atomic mass is 10.1. The summed E-state index contributed by atoms with van der Waals surface area (Å²) in [5.41, 5.74) is 1.20.